The van der Waals surface area contributed by atoms with Crippen molar-refractivity contribution in [3.8, 4) is 56.8 Å². The summed E-state index contributed by atoms with van der Waals surface area (Å²) >= 11 is 0. The van der Waals surface area contributed by atoms with Crippen molar-refractivity contribution >= 4 is 68.2 Å². The monoisotopic (exact) mass is 1220 g/mol. The van der Waals surface area contributed by atoms with Crippen LogP contribution in [0.3, 0.4) is 0 Å². The lowest BCUT2D eigenvalue weighted by Gasteiger charge is -2.35. The first-order valence-corrected chi connectivity index (χ1v) is 31.3. The highest BCUT2D eigenvalue weighted by Crippen LogP contribution is 2.46. The van der Waals surface area contributed by atoms with Gasteiger partial charge in [-0.2, -0.15) is 0 Å². The van der Waals surface area contributed by atoms with E-state index in [1.165, 1.54) is 11.1 Å². The first-order valence-electron chi connectivity index (χ1n) is 31.3. The first kappa shape index (κ1) is 61.9. The third-order valence-electron chi connectivity index (χ3n) is 17.7. The number of benzene rings is 12. The summed E-state index contributed by atoms with van der Waals surface area (Å²) < 4.78 is 33.2. The fraction of sp³-hybridized carbons (Fsp3) is 0.133. The molecule has 93 heavy (non-hydrogen) atoms. The Labute approximate surface area is 547 Å². The number of hydrogen-bond acceptors (Lipinski definition) is 10. The van der Waals surface area contributed by atoms with Gasteiger partial charge in [-0.05, 0) is 265 Å². The van der Waals surface area contributed by atoms with Crippen molar-refractivity contribution in [3.05, 3.63) is 302 Å². The third-order valence-corrected chi connectivity index (χ3v) is 17.7. The molecule has 0 aliphatic carbocycles. The van der Waals surface area contributed by atoms with Crippen LogP contribution in [0.25, 0.3) is 22.3 Å². The quantitative estimate of drug-likeness (QED) is 0.0584. The average Bonchev–Trinajstić information content (AvgIpc) is 0.871. The maximum Gasteiger partial charge on any atom is 0.119 e. The molecular formula is C83H76N4O6. The Balaban J connectivity index is 0.805. The minimum atomic E-state index is -0.248. The molecule has 12 rings (SSSR count). The summed E-state index contributed by atoms with van der Waals surface area (Å²) in [5, 5.41) is 0. The zero-order chi connectivity index (χ0) is 64.3. The number of rotatable bonds is 24. The van der Waals surface area contributed by atoms with E-state index < -0.39 is 0 Å². The fourth-order valence-corrected chi connectivity index (χ4v) is 12.5. The molecule has 464 valence electrons. The Hall–Kier alpha value is -11.4. The predicted molar refractivity (Wildman–Crippen MR) is 383 cm³/mol. The molecule has 0 saturated carbocycles. The van der Waals surface area contributed by atoms with Gasteiger partial charge in [0.25, 0.3) is 0 Å². The van der Waals surface area contributed by atoms with Crippen LogP contribution in [0, 0.1) is 0 Å². The molecule has 0 aliphatic heterocycles. The largest absolute Gasteiger partial charge is 0.497 e. The lowest BCUT2D eigenvalue weighted by Crippen LogP contribution is -2.26. The molecule has 0 unspecified atom stereocenters. The van der Waals surface area contributed by atoms with Crippen molar-refractivity contribution < 1.29 is 28.4 Å². The zero-order valence-electron chi connectivity index (χ0n) is 53.9. The topological polar surface area (TPSA) is 68.3 Å². The number of nitrogens with zero attached hydrogens (tertiary/aromatic N) is 4. The van der Waals surface area contributed by atoms with Crippen molar-refractivity contribution in [3.63, 3.8) is 0 Å². The van der Waals surface area contributed by atoms with Gasteiger partial charge in [0, 0.05) is 73.7 Å². The van der Waals surface area contributed by atoms with Gasteiger partial charge in [0.15, 0.2) is 0 Å². The van der Waals surface area contributed by atoms with Crippen molar-refractivity contribution in [2.75, 3.05) is 62.3 Å². The van der Waals surface area contributed by atoms with E-state index in [9.17, 15) is 0 Å². The second-order valence-corrected chi connectivity index (χ2v) is 22.6. The van der Waals surface area contributed by atoms with Crippen molar-refractivity contribution in [1.29, 1.82) is 0 Å². The maximum atomic E-state index is 5.62. The standard InChI is InChI=1S/C83H76N4O6/c1-9-83(10-2,63-19-31-69(32-20-63)84(71-35-47-77(88-3)48-36-71)65-23-11-59(12-24-65)61-15-27-67(28-16-61)86(73-39-51-79(90-5)52-40-73)74-41-53-80(91-6)54-42-74)64-21-33-70(34-22-64)85(72-37-49-78(89-4)50-38-72)66-25-13-60(14-26-66)62-17-29-68(30-18-62)87(75-43-55-81(92-7)56-44-75)76-45-57-82(93-8)58-46-76/h11-58H,9-10H2,1-8H3. The molecule has 0 N–H and O–H groups in total. The Bertz CT molecular complexity index is 3960. The van der Waals surface area contributed by atoms with Gasteiger partial charge in [-0.3, -0.25) is 0 Å². The average molecular weight is 1230 g/mol. The summed E-state index contributed by atoms with van der Waals surface area (Å²) in [6, 6.07) is 102. The third kappa shape index (κ3) is 13.2. The molecule has 10 heteroatoms. The number of anilines is 12. The van der Waals surface area contributed by atoms with Gasteiger partial charge >= 0.3 is 0 Å². The highest BCUT2D eigenvalue weighted by Gasteiger charge is 2.31. The molecule has 0 spiro atoms. The zero-order valence-corrected chi connectivity index (χ0v) is 53.9. The summed E-state index contributed by atoms with van der Waals surface area (Å²) in [5.41, 5.74) is 19.1. The second-order valence-electron chi connectivity index (χ2n) is 22.6. The Morgan fingerprint density at radius 2 is 0.323 bits per heavy atom. The molecule has 0 heterocycles. The number of methoxy groups -OCH3 is 6. The van der Waals surface area contributed by atoms with Gasteiger partial charge in [-0.15, -0.1) is 0 Å². The van der Waals surface area contributed by atoms with Gasteiger partial charge in [0.2, 0.25) is 0 Å². The van der Waals surface area contributed by atoms with E-state index in [0.717, 1.165) is 138 Å². The van der Waals surface area contributed by atoms with E-state index in [2.05, 4.69) is 252 Å². The van der Waals surface area contributed by atoms with E-state index in [4.69, 9.17) is 28.4 Å². The van der Waals surface area contributed by atoms with Crippen molar-refractivity contribution in [1.82, 2.24) is 0 Å². The normalized spacial score (nSPS) is 11.1. The molecule has 0 aromatic heterocycles. The minimum Gasteiger partial charge on any atom is -0.497 e. The van der Waals surface area contributed by atoms with Gasteiger partial charge in [0.05, 0.1) is 42.7 Å². The first-order chi connectivity index (χ1) is 45.7. The molecule has 0 aliphatic rings. The predicted octanol–water partition coefficient (Wildman–Crippen LogP) is 22.1. The Kier molecular flexibility index (Phi) is 18.8. The lowest BCUT2D eigenvalue weighted by molar-refractivity contribution is 0.414. The molecule has 0 atom stereocenters. The molecule has 0 bridgehead atoms. The SMILES string of the molecule is CCC(CC)(c1ccc(N(c2ccc(OC)cc2)c2ccc(-c3ccc(N(c4ccc(OC)cc4)c4ccc(OC)cc4)cc3)cc2)cc1)c1ccc(N(c2ccc(OC)cc2)c2ccc(-c3ccc(N(c4ccc(OC)cc4)c4ccc(OC)cc4)cc3)cc2)cc1. The van der Waals surface area contributed by atoms with Crippen LogP contribution in [0.2, 0.25) is 0 Å². The molecule has 12 aromatic rings. The van der Waals surface area contributed by atoms with Crippen LogP contribution in [0.5, 0.6) is 34.5 Å². The number of hydrogen-bond donors (Lipinski definition) is 0. The van der Waals surface area contributed by atoms with Crippen LogP contribution in [-0.2, 0) is 5.41 Å². The fourth-order valence-electron chi connectivity index (χ4n) is 12.5. The van der Waals surface area contributed by atoms with E-state index >= 15 is 0 Å². The number of ether oxygens (including phenoxy) is 6. The van der Waals surface area contributed by atoms with Gasteiger partial charge in [-0.25, -0.2) is 0 Å². The van der Waals surface area contributed by atoms with Gasteiger partial charge in [0.1, 0.15) is 34.5 Å². The van der Waals surface area contributed by atoms with Crippen LogP contribution in [-0.4, -0.2) is 42.7 Å². The molecule has 0 fully saturated rings. The molecular weight excluding hydrogens is 1150 g/mol. The smallest absolute Gasteiger partial charge is 0.119 e. The second kappa shape index (κ2) is 28.2. The van der Waals surface area contributed by atoms with Crippen molar-refractivity contribution in [2.45, 2.75) is 32.1 Å². The Morgan fingerprint density at radius 1 is 0.194 bits per heavy atom. The summed E-state index contributed by atoms with van der Waals surface area (Å²) in [4.78, 5) is 9.08. The van der Waals surface area contributed by atoms with Crippen LogP contribution >= 0.6 is 0 Å². The lowest BCUT2D eigenvalue weighted by atomic mass is 9.70. The van der Waals surface area contributed by atoms with Crippen LogP contribution in [0.1, 0.15) is 37.8 Å². The molecule has 0 saturated heterocycles. The van der Waals surface area contributed by atoms with Crippen LogP contribution < -0.4 is 48.0 Å². The van der Waals surface area contributed by atoms with E-state index in [0.29, 0.717) is 0 Å². The minimum absolute atomic E-state index is 0.248. The highest BCUT2D eigenvalue weighted by atomic mass is 16.5. The summed E-state index contributed by atoms with van der Waals surface area (Å²) in [5.74, 6) is 4.82. The van der Waals surface area contributed by atoms with E-state index in [1.807, 2.05) is 72.8 Å². The van der Waals surface area contributed by atoms with E-state index in [-0.39, 0.29) is 5.41 Å². The molecule has 10 nitrogen and oxygen atoms in total. The van der Waals surface area contributed by atoms with Gasteiger partial charge in [-0.1, -0.05) is 86.6 Å². The van der Waals surface area contributed by atoms with Crippen LogP contribution in [0.4, 0.5) is 68.2 Å². The van der Waals surface area contributed by atoms with E-state index in [1.54, 1.807) is 42.7 Å². The molecule has 0 amide bonds. The van der Waals surface area contributed by atoms with Crippen LogP contribution in [0.15, 0.2) is 291 Å². The summed E-state index contributed by atoms with van der Waals surface area (Å²) in [6.07, 6.45) is 1.83. The molecule has 12 aromatic carbocycles. The Morgan fingerprint density at radius 3 is 0.452 bits per heavy atom. The summed E-state index contributed by atoms with van der Waals surface area (Å²) in [6.45, 7) is 4.61. The molecule has 0 radical (unpaired) electrons. The van der Waals surface area contributed by atoms with Crippen molar-refractivity contribution in [2.24, 2.45) is 0 Å². The maximum absolute atomic E-state index is 5.62. The van der Waals surface area contributed by atoms with Gasteiger partial charge < -0.3 is 48.0 Å². The highest BCUT2D eigenvalue weighted by molar-refractivity contribution is 5.84. The summed E-state index contributed by atoms with van der Waals surface area (Å²) in [7, 11) is 10.1.